The summed E-state index contributed by atoms with van der Waals surface area (Å²) in [6.07, 6.45) is 0. The van der Waals surface area contributed by atoms with Crippen molar-refractivity contribution in [1.82, 2.24) is 15.1 Å². The van der Waals surface area contributed by atoms with Gasteiger partial charge in [0, 0.05) is 28.7 Å². The normalized spacial score (nSPS) is 20.0. The molecule has 0 radical (unpaired) electrons. The summed E-state index contributed by atoms with van der Waals surface area (Å²) in [5, 5.41) is 3.80. The molecule has 0 bridgehead atoms. The number of rotatable bonds is 3. The van der Waals surface area contributed by atoms with E-state index in [0.29, 0.717) is 40.1 Å². The highest BCUT2D eigenvalue weighted by molar-refractivity contribution is 6.31. The average molecular weight is 511 g/mol. The van der Waals surface area contributed by atoms with E-state index in [1.54, 1.807) is 47.4 Å². The van der Waals surface area contributed by atoms with Gasteiger partial charge in [-0.05, 0) is 47.5 Å². The number of aliphatic imine (C=N–C) groups is 1. The third kappa shape index (κ3) is 4.74. The second kappa shape index (κ2) is 9.68. The Kier molecular flexibility index (Phi) is 6.45. The summed E-state index contributed by atoms with van der Waals surface area (Å²) < 4.78 is 14.4. The fourth-order valence-electron chi connectivity index (χ4n) is 4.48. The summed E-state index contributed by atoms with van der Waals surface area (Å²) in [5.74, 6) is -0.252. The molecule has 178 valence electrons. The molecule has 9 heteroatoms. The number of amidine groups is 1. The summed E-state index contributed by atoms with van der Waals surface area (Å²) in [6.45, 7) is 0.637. The fourth-order valence-corrected chi connectivity index (χ4v) is 4.80. The van der Waals surface area contributed by atoms with Crippen molar-refractivity contribution < 1.29 is 14.0 Å². The van der Waals surface area contributed by atoms with Crippen LogP contribution in [-0.4, -0.2) is 47.2 Å². The number of nitrogens with zero attached hydrogens (tertiary/aromatic N) is 3. The van der Waals surface area contributed by atoms with E-state index in [1.807, 2.05) is 18.2 Å². The van der Waals surface area contributed by atoms with Crippen LogP contribution in [0.3, 0.4) is 0 Å². The van der Waals surface area contributed by atoms with E-state index in [2.05, 4.69) is 5.32 Å². The number of halogens is 3. The minimum absolute atomic E-state index is 0.0698. The number of amides is 3. The molecule has 1 N–H and O–H groups in total. The molecule has 3 aromatic carbocycles. The standard InChI is InChI=1S/C26H21Cl2FN4O2/c27-19-9-7-16(8-10-19)23-24(17-3-2-6-21(29)14-17)33(26(35)32-12-11-30-22(34)15-32)25(31-23)18-4-1-5-20(28)13-18/h1-10,13-14,23-24H,11-12,15H2,(H,30,34). The average Bonchev–Trinajstić information content (AvgIpc) is 3.25. The van der Waals surface area contributed by atoms with Crippen molar-refractivity contribution in [2.24, 2.45) is 4.99 Å². The van der Waals surface area contributed by atoms with Crippen molar-refractivity contribution in [3.8, 4) is 0 Å². The predicted molar refractivity (Wildman–Crippen MR) is 133 cm³/mol. The summed E-state index contributed by atoms with van der Waals surface area (Å²) in [7, 11) is 0. The molecule has 0 aromatic heterocycles. The number of urea groups is 1. The lowest BCUT2D eigenvalue weighted by Crippen LogP contribution is -2.55. The van der Waals surface area contributed by atoms with E-state index in [0.717, 1.165) is 5.56 Å². The van der Waals surface area contributed by atoms with Crippen LogP contribution in [0, 0.1) is 5.82 Å². The van der Waals surface area contributed by atoms with Crippen LogP contribution in [0.15, 0.2) is 77.8 Å². The Labute approximate surface area is 212 Å². The molecule has 2 heterocycles. The van der Waals surface area contributed by atoms with Gasteiger partial charge in [0.05, 0.1) is 6.04 Å². The largest absolute Gasteiger partial charge is 0.353 e. The number of hydrogen-bond donors (Lipinski definition) is 1. The summed E-state index contributed by atoms with van der Waals surface area (Å²) in [6, 6.07) is 18.9. The van der Waals surface area contributed by atoms with Gasteiger partial charge in [0.25, 0.3) is 0 Å². The molecule has 2 aliphatic rings. The van der Waals surface area contributed by atoms with Gasteiger partial charge < -0.3 is 10.2 Å². The smallest absolute Gasteiger partial charge is 0.326 e. The molecule has 1 saturated heterocycles. The summed E-state index contributed by atoms with van der Waals surface area (Å²) in [4.78, 5) is 34.0. The van der Waals surface area contributed by atoms with Gasteiger partial charge in [0.2, 0.25) is 5.91 Å². The molecule has 1 fully saturated rings. The molecule has 3 amide bonds. The van der Waals surface area contributed by atoms with Crippen LogP contribution in [0.5, 0.6) is 0 Å². The van der Waals surface area contributed by atoms with Crippen LogP contribution in [0.25, 0.3) is 0 Å². The first kappa shape index (κ1) is 23.3. The highest BCUT2D eigenvalue weighted by atomic mass is 35.5. The quantitative estimate of drug-likeness (QED) is 0.524. The lowest BCUT2D eigenvalue weighted by molar-refractivity contribution is -0.123. The van der Waals surface area contributed by atoms with E-state index in [1.165, 1.54) is 17.0 Å². The monoisotopic (exact) mass is 510 g/mol. The van der Waals surface area contributed by atoms with Crippen molar-refractivity contribution in [3.63, 3.8) is 0 Å². The Hall–Kier alpha value is -3.42. The first-order valence-electron chi connectivity index (χ1n) is 11.1. The molecule has 2 atom stereocenters. The van der Waals surface area contributed by atoms with Crippen LogP contribution in [-0.2, 0) is 4.79 Å². The number of carbonyl (C=O) groups excluding carboxylic acids is 2. The molecule has 2 unspecified atom stereocenters. The highest BCUT2D eigenvalue weighted by Gasteiger charge is 2.44. The topological polar surface area (TPSA) is 65.0 Å². The van der Waals surface area contributed by atoms with Gasteiger partial charge in [-0.3, -0.25) is 14.7 Å². The van der Waals surface area contributed by atoms with Crippen LogP contribution in [0.4, 0.5) is 9.18 Å². The predicted octanol–water partition coefficient (Wildman–Crippen LogP) is 5.23. The van der Waals surface area contributed by atoms with Gasteiger partial charge >= 0.3 is 6.03 Å². The van der Waals surface area contributed by atoms with Crippen molar-refractivity contribution >= 4 is 41.0 Å². The molecule has 0 saturated carbocycles. The molecule has 35 heavy (non-hydrogen) atoms. The van der Waals surface area contributed by atoms with Gasteiger partial charge in [-0.2, -0.15) is 0 Å². The summed E-state index contributed by atoms with van der Waals surface area (Å²) in [5.41, 5.74) is 2.04. The third-order valence-electron chi connectivity index (χ3n) is 6.07. The Morgan fingerprint density at radius 1 is 0.971 bits per heavy atom. The molecule has 3 aromatic rings. The van der Waals surface area contributed by atoms with Crippen molar-refractivity contribution in [2.45, 2.75) is 12.1 Å². The molecular weight excluding hydrogens is 490 g/mol. The second-order valence-corrected chi connectivity index (χ2v) is 9.26. The Bertz CT molecular complexity index is 1310. The molecule has 2 aliphatic heterocycles. The van der Waals surface area contributed by atoms with E-state index in [9.17, 15) is 14.0 Å². The Morgan fingerprint density at radius 3 is 2.46 bits per heavy atom. The molecule has 0 aliphatic carbocycles. The zero-order chi connectivity index (χ0) is 24.5. The maximum atomic E-state index is 14.4. The van der Waals surface area contributed by atoms with Crippen molar-refractivity contribution in [3.05, 3.63) is 105 Å². The van der Waals surface area contributed by atoms with Gasteiger partial charge in [-0.1, -0.05) is 59.6 Å². The first-order valence-corrected chi connectivity index (χ1v) is 11.9. The molecule has 0 spiro atoms. The SMILES string of the molecule is O=C1CN(C(=O)N2C(c3cccc(Cl)c3)=NC(c3ccc(Cl)cc3)C2c2cccc(F)c2)CCN1. The first-order chi connectivity index (χ1) is 16.9. The van der Waals surface area contributed by atoms with E-state index in [4.69, 9.17) is 28.2 Å². The zero-order valence-electron chi connectivity index (χ0n) is 18.5. The number of piperazine rings is 1. The molecule has 5 rings (SSSR count). The number of carbonyl (C=O) groups is 2. The maximum absolute atomic E-state index is 14.4. The van der Waals surface area contributed by atoms with E-state index >= 15 is 0 Å². The number of nitrogens with one attached hydrogen (secondary N) is 1. The Morgan fingerprint density at radius 2 is 1.74 bits per heavy atom. The second-order valence-electron chi connectivity index (χ2n) is 8.38. The minimum atomic E-state index is -0.654. The van der Waals surface area contributed by atoms with Crippen molar-refractivity contribution in [1.29, 1.82) is 0 Å². The van der Waals surface area contributed by atoms with Gasteiger partial charge in [0.15, 0.2) is 0 Å². The highest BCUT2D eigenvalue weighted by Crippen LogP contribution is 2.44. The number of benzene rings is 3. The maximum Gasteiger partial charge on any atom is 0.326 e. The lowest BCUT2D eigenvalue weighted by atomic mass is 9.93. The Balaban J connectivity index is 1.67. The minimum Gasteiger partial charge on any atom is -0.353 e. The van der Waals surface area contributed by atoms with E-state index in [-0.39, 0.29) is 18.5 Å². The molecule has 6 nitrogen and oxygen atoms in total. The van der Waals surface area contributed by atoms with Gasteiger partial charge in [-0.15, -0.1) is 0 Å². The van der Waals surface area contributed by atoms with Crippen molar-refractivity contribution in [2.75, 3.05) is 19.6 Å². The van der Waals surface area contributed by atoms with Gasteiger partial charge in [-0.25, -0.2) is 9.18 Å². The van der Waals surface area contributed by atoms with Crippen LogP contribution < -0.4 is 5.32 Å². The van der Waals surface area contributed by atoms with Crippen LogP contribution >= 0.6 is 23.2 Å². The fraction of sp³-hybridized carbons (Fsp3) is 0.192. The van der Waals surface area contributed by atoms with Crippen LogP contribution in [0.1, 0.15) is 28.8 Å². The lowest BCUT2D eigenvalue weighted by Gasteiger charge is -2.35. The van der Waals surface area contributed by atoms with Gasteiger partial charge in [0.1, 0.15) is 24.2 Å². The molecular formula is C26H21Cl2FN4O2. The van der Waals surface area contributed by atoms with E-state index < -0.39 is 17.9 Å². The zero-order valence-corrected chi connectivity index (χ0v) is 20.0. The number of hydrogen-bond acceptors (Lipinski definition) is 3. The summed E-state index contributed by atoms with van der Waals surface area (Å²) >= 11 is 12.4. The third-order valence-corrected chi connectivity index (χ3v) is 6.55. The van der Waals surface area contributed by atoms with Crippen LogP contribution in [0.2, 0.25) is 10.0 Å².